The molecule has 2 aromatic rings. The maximum Gasteiger partial charge on any atom is 0.315 e. The van der Waals surface area contributed by atoms with Crippen molar-refractivity contribution in [2.24, 2.45) is 0 Å². The molecule has 0 bridgehead atoms. The molecule has 2 heterocycles. The third kappa shape index (κ3) is 2.59. The molecule has 0 fully saturated rings. The number of rotatable bonds is 4. The number of nitrogens with zero attached hydrogens (tertiary/aromatic N) is 4. The third-order valence-corrected chi connectivity index (χ3v) is 2.07. The van der Waals surface area contributed by atoms with Crippen molar-refractivity contribution in [2.75, 3.05) is 14.2 Å². The molecule has 0 aliphatic heterocycles. The van der Waals surface area contributed by atoms with Crippen LogP contribution in [0.4, 0.5) is 0 Å². The van der Waals surface area contributed by atoms with Gasteiger partial charge in [0.2, 0.25) is 17.6 Å². The van der Waals surface area contributed by atoms with Crippen LogP contribution in [0.5, 0.6) is 5.88 Å². The molecule has 0 aliphatic rings. The van der Waals surface area contributed by atoms with Gasteiger partial charge in [-0.05, 0) is 0 Å². The molecular formula is C10H10N4O4. The van der Waals surface area contributed by atoms with Crippen molar-refractivity contribution in [3.63, 3.8) is 0 Å². The first-order valence-corrected chi connectivity index (χ1v) is 4.98. The van der Waals surface area contributed by atoms with Crippen molar-refractivity contribution in [1.29, 1.82) is 0 Å². The number of carbonyl (C=O) groups is 1. The van der Waals surface area contributed by atoms with Crippen LogP contribution < -0.4 is 4.74 Å². The Hall–Kier alpha value is -2.51. The van der Waals surface area contributed by atoms with E-state index in [0.717, 1.165) is 0 Å². The van der Waals surface area contributed by atoms with E-state index in [-0.39, 0.29) is 18.1 Å². The lowest BCUT2D eigenvalue weighted by atomic mass is 10.4. The minimum absolute atomic E-state index is 0.0777. The molecule has 0 unspecified atom stereocenters. The summed E-state index contributed by atoms with van der Waals surface area (Å²) in [5, 5.41) is 3.71. The fraction of sp³-hybridized carbons (Fsp3) is 0.300. The Morgan fingerprint density at radius 3 is 2.94 bits per heavy atom. The van der Waals surface area contributed by atoms with E-state index in [4.69, 9.17) is 9.26 Å². The first kappa shape index (κ1) is 12.0. The average Bonchev–Trinajstić information content (AvgIpc) is 2.87. The van der Waals surface area contributed by atoms with Crippen LogP contribution in [0.15, 0.2) is 16.9 Å². The summed E-state index contributed by atoms with van der Waals surface area (Å²) in [6.45, 7) is 0. The van der Waals surface area contributed by atoms with Gasteiger partial charge >= 0.3 is 5.97 Å². The molecule has 18 heavy (non-hydrogen) atoms. The first-order valence-electron chi connectivity index (χ1n) is 4.98. The lowest BCUT2D eigenvalue weighted by Gasteiger charge is -1.97. The first-order chi connectivity index (χ1) is 8.72. The molecule has 2 aromatic heterocycles. The van der Waals surface area contributed by atoms with E-state index in [9.17, 15) is 4.79 Å². The second-order valence-electron chi connectivity index (χ2n) is 3.21. The van der Waals surface area contributed by atoms with Crippen molar-refractivity contribution in [3.8, 4) is 17.4 Å². The summed E-state index contributed by atoms with van der Waals surface area (Å²) in [6.07, 6.45) is 1.25. The zero-order valence-electron chi connectivity index (χ0n) is 9.78. The minimum atomic E-state index is -0.453. The van der Waals surface area contributed by atoms with Crippen LogP contribution >= 0.6 is 0 Å². The maximum absolute atomic E-state index is 11.0. The van der Waals surface area contributed by atoms with E-state index in [0.29, 0.717) is 11.6 Å². The Balaban J connectivity index is 2.20. The summed E-state index contributed by atoms with van der Waals surface area (Å²) in [5.74, 6) is 0.355. The summed E-state index contributed by atoms with van der Waals surface area (Å²) in [6, 6.07) is 1.56. The van der Waals surface area contributed by atoms with Crippen molar-refractivity contribution in [3.05, 3.63) is 18.3 Å². The van der Waals surface area contributed by atoms with E-state index >= 15 is 0 Å². The largest absolute Gasteiger partial charge is 0.481 e. The lowest BCUT2D eigenvalue weighted by Crippen LogP contribution is -2.04. The number of aromatic nitrogens is 4. The van der Waals surface area contributed by atoms with Crippen LogP contribution in [0.1, 0.15) is 5.89 Å². The Morgan fingerprint density at radius 1 is 1.39 bits per heavy atom. The van der Waals surface area contributed by atoms with Gasteiger partial charge in [0.05, 0.1) is 14.2 Å². The molecule has 0 amide bonds. The molecule has 0 saturated carbocycles. The van der Waals surface area contributed by atoms with E-state index in [2.05, 4.69) is 24.8 Å². The third-order valence-electron chi connectivity index (χ3n) is 2.07. The van der Waals surface area contributed by atoms with E-state index in [1.165, 1.54) is 20.5 Å². The highest BCUT2D eigenvalue weighted by molar-refractivity contribution is 5.71. The molecule has 0 N–H and O–H groups in total. The van der Waals surface area contributed by atoms with Gasteiger partial charge in [-0.3, -0.25) is 4.79 Å². The quantitative estimate of drug-likeness (QED) is 0.712. The van der Waals surface area contributed by atoms with Gasteiger partial charge in [-0.2, -0.15) is 4.98 Å². The standard InChI is InChI=1S/C10H10N4O4/c1-16-7-3-6(11-5-12-7)10-13-8(18-14-10)4-9(15)17-2/h3,5H,4H2,1-2H3. The molecule has 0 spiro atoms. The zero-order chi connectivity index (χ0) is 13.0. The number of hydrogen-bond acceptors (Lipinski definition) is 8. The normalized spacial score (nSPS) is 10.1. The Kier molecular flexibility index (Phi) is 3.46. The second kappa shape index (κ2) is 5.21. The van der Waals surface area contributed by atoms with Crippen LogP contribution in [-0.2, 0) is 16.0 Å². The highest BCUT2D eigenvalue weighted by Crippen LogP contribution is 2.16. The SMILES string of the molecule is COC(=O)Cc1nc(-c2cc(OC)ncn2)no1. The van der Waals surface area contributed by atoms with Crippen LogP contribution in [0.2, 0.25) is 0 Å². The van der Waals surface area contributed by atoms with Crippen LogP contribution in [0.25, 0.3) is 11.5 Å². The lowest BCUT2D eigenvalue weighted by molar-refractivity contribution is -0.140. The van der Waals surface area contributed by atoms with Gasteiger partial charge < -0.3 is 14.0 Å². The molecule has 94 valence electrons. The van der Waals surface area contributed by atoms with Crippen molar-refractivity contribution in [2.45, 2.75) is 6.42 Å². The van der Waals surface area contributed by atoms with Crippen molar-refractivity contribution < 1.29 is 18.8 Å². The average molecular weight is 250 g/mol. The monoisotopic (exact) mass is 250 g/mol. The summed E-state index contributed by atoms with van der Waals surface area (Å²) in [4.78, 5) is 22.9. The summed E-state index contributed by atoms with van der Waals surface area (Å²) in [5.41, 5.74) is 0.446. The highest BCUT2D eigenvalue weighted by atomic mass is 16.5. The van der Waals surface area contributed by atoms with Crippen LogP contribution in [-0.4, -0.2) is 40.3 Å². The smallest absolute Gasteiger partial charge is 0.315 e. The van der Waals surface area contributed by atoms with Gasteiger partial charge in [0.25, 0.3) is 0 Å². The fourth-order valence-corrected chi connectivity index (χ4v) is 1.20. The van der Waals surface area contributed by atoms with Crippen molar-refractivity contribution >= 4 is 5.97 Å². The molecule has 0 atom stereocenters. The minimum Gasteiger partial charge on any atom is -0.481 e. The number of carbonyl (C=O) groups excluding carboxylic acids is 1. The van der Waals surface area contributed by atoms with Gasteiger partial charge in [-0.25, -0.2) is 9.97 Å². The molecule has 2 rings (SSSR count). The molecule has 0 aromatic carbocycles. The molecule has 8 heteroatoms. The predicted octanol–water partition coefficient (Wildman–Crippen LogP) is 0.251. The molecular weight excluding hydrogens is 240 g/mol. The van der Waals surface area contributed by atoms with E-state index in [1.807, 2.05) is 0 Å². The summed E-state index contributed by atoms with van der Waals surface area (Å²) < 4.78 is 14.3. The van der Waals surface area contributed by atoms with Gasteiger partial charge in [-0.1, -0.05) is 5.16 Å². The number of esters is 1. The van der Waals surface area contributed by atoms with Gasteiger partial charge in [-0.15, -0.1) is 0 Å². The number of methoxy groups -OCH3 is 2. The van der Waals surface area contributed by atoms with Crippen molar-refractivity contribution in [1.82, 2.24) is 20.1 Å². The fourth-order valence-electron chi connectivity index (χ4n) is 1.20. The van der Waals surface area contributed by atoms with Gasteiger partial charge in [0, 0.05) is 6.07 Å². The number of hydrogen-bond donors (Lipinski definition) is 0. The number of ether oxygens (including phenoxy) is 2. The predicted molar refractivity (Wildman–Crippen MR) is 57.6 cm³/mol. The molecule has 0 radical (unpaired) electrons. The maximum atomic E-state index is 11.0. The second-order valence-corrected chi connectivity index (χ2v) is 3.21. The van der Waals surface area contributed by atoms with Gasteiger partial charge in [0.15, 0.2) is 0 Å². The summed E-state index contributed by atoms with van der Waals surface area (Å²) >= 11 is 0. The van der Waals surface area contributed by atoms with Crippen LogP contribution in [0.3, 0.4) is 0 Å². The Bertz CT molecular complexity index is 554. The Labute approximate surface area is 102 Å². The zero-order valence-corrected chi connectivity index (χ0v) is 9.78. The highest BCUT2D eigenvalue weighted by Gasteiger charge is 2.14. The molecule has 0 saturated heterocycles. The van der Waals surface area contributed by atoms with Crippen LogP contribution in [0, 0.1) is 0 Å². The topological polar surface area (TPSA) is 100 Å². The van der Waals surface area contributed by atoms with E-state index in [1.54, 1.807) is 6.07 Å². The molecule has 8 nitrogen and oxygen atoms in total. The Morgan fingerprint density at radius 2 is 2.22 bits per heavy atom. The van der Waals surface area contributed by atoms with Gasteiger partial charge in [0.1, 0.15) is 18.4 Å². The molecule has 0 aliphatic carbocycles. The summed E-state index contributed by atoms with van der Waals surface area (Å²) in [7, 11) is 2.78. The van der Waals surface area contributed by atoms with E-state index < -0.39 is 5.97 Å².